The highest BCUT2D eigenvalue weighted by atomic mass is 31.1. The molecule has 0 N–H and O–H groups in total. The number of rotatable bonds is 5. The van der Waals surface area contributed by atoms with Gasteiger partial charge in [0.05, 0.1) is 0 Å². The van der Waals surface area contributed by atoms with Gasteiger partial charge in [-0.15, -0.1) is 6.58 Å². The van der Waals surface area contributed by atoms with Crippen molar-refractivity contribution in [2.24, 2.45) is 0 Å². The second-order valence-electron chi connectivity index (χ2n) is 8.62. The lowest BCUT2D eigenvalue weighted by Gasteiger charge is -2.26. The summed E-state index contributed by atoms with van der Waals surface area (Å²) >= 11 is 0. The highest BCUT2D eigenvalue weighted by molar-refractivity contribution is 7.81. The lowest BCUT2D eigenvalue weighted by atomic mass is 10.0. The van der Waals surface area contributed by atoms with Crippen molar-refractivity contribution in [3.05, 3.63) is 140 Å². The molecule has 0 radical (unpaired) electrons. The fourth-order valence-electron chi connectivity index (χ4n) is 5.06. The van der Waals surface area contributed by atoms with Gasteiger partial charge in [-0.2, -0.15) is 0 Å². The zero-order valence-corrected chi connectivity index (χ0v) is 19.9. The van der Waals surface area contributed by atoms with E-state index in [1.165, 1.54) is 53.8 Å². The number of fused-ring (bicyclic) bond motifs is 3. The van der Waals surface area contributed by atoms with Crippen LogP contribution in [-0.2, 0) is 6.42 Å². The van der Waals surface area contributed by atoms with Gasteiger partial charge in [-0.1, -0.05) is 127 Å². The van der Waals surface area contributed by atoms with Gasteiger partial charge >= 0.3 is 0 Å². The Morgan fingerprint density at radius 2 is 0.971 bits per heavy atom. The van der Waals surface area contributed by atoms with Crippen LogP contribution in [0.3, 0.4) is 0 Å². The van der Waals surface area contributed by atoms with Crippen LogP contribution in [0.2, 0.25) is 0 Å². The first-order chi connectivity index (χ1) is 16.8. The van der Waals surface area contributed by atoms with Crippen molar-refractivity contribution >= 4 is 56.2 Å². The zero-order valence-electron chi connectivity index (χ0n) is 19.0. The topological polar surface area (TPSA) is 0 Å². The first kappa shape index (κ1) is 20.8. The Hall–Kier alpha value is -3.73. The second kappa shape index (κ2) is 8.90. The van der Waals surface area contributed by atoms with E-state index in [4.69, 9.17) is 0 Å². The van der Waals surface area contributed by atoms with Gasteiger partial charge in [0.1, 0.15) is 0 Å². The summed E-state index contributed by atoms with van der Waals surface area (Å²) in [6.07, 6.45) is 2.89. The molecule has 0 unspecified atom stereocenters. The largest absolute Gasteiger partial charge is 0.103 e. The minimum absolute atomic E-state index is 0.825. The molecule has 0 spiro atoms. The second-order valence-corrected chi connectivity index (χ2v) is 10.7. The maximum atomic E-state index is 4.09. The zero-order chi connectivity index (χ0) is 22.9. The van der Waals surface area contributed by atoms with Gasteiger partial charge in [0.2, 0.25) is 0 Å². The molecule has 0 aliphatic carbocycles. The first-order valence-electron chi connectivity index (χ1n) is 11.7. The quantitative estimate of drug-likeness (QED) is 0.186. The molecule has 0 nitrogen and oxygen atoms in total. The van der Waals surface area contributed by atoms with Crippen LogP contribution in [0.5, 0.6) is 0 Å². The Balaban J connectivity index is 1.78. The summed E-state index contributed by atoms with van der Waals surface area (Å²) in [4.78, 5) is 0. The lowest BCUT2D eigenvalue weighted by molar-refractivity contribution is 1.31. The molecule has 34 heavy (non-hydrogen) atoms. The van der Waals surface area contributed by atoms with E-state index in [2.05, 4.69) is 128 Å². The minimum Gasteiger partial charge on any atom is -0.103 e. The Labute approximate surface area is 201 Å². The molecule has 0 aromatic heterocycles. The van der Waals surface area contributed by atoms with Gasteiger partial charge in [-0.3, -0.25) is 0 Å². The normalized spacial score (nSPS) is 11.4. The van der Waals surface area contributed by atoms with E-state index in [1.54, 1.807) is 0 Å². The molecule has 0 amide bonds. The van der Waals surface area contributed by atoms with Gasteiger partial charge in [0.15, 0.2) is 0 Å². The highest BCUT2D eigenvalue weighted by Crippen LogP contribution is 2.41. The lowest BCUT2D eigenvalue weighted by Crippen LogP contribution is -2.25. The van der Waals surface area contributed by atoms with Gasteiger partial charge in [0, 0.05) is 0 Å². The third-order valence-corrected chi connectivity index (χ3v) is 9.31. The third kappa shape index (κ3) is 3.52. The SMILES string of the molecule is C=CCc1ccc2ccccc2c1P(c1cccc2ccccc12)c1cccc2ccccc12. The van der Waals surface area contributed by atoms with E-state index >= 15 is 0 Å². The highest BCUT2D eigenvalue weighted by Gasteiger charge is 2.25. The van der Waals surface area contributed by atoms with Crippen molar-refractivity contribution in [3.63, 3.8) is 0 Å². The van der Waals surface area contributed by atoms with Crippen LogP contribution in [0.25, 0.3) is 32.3 Å². The smallest absolute Gasteiger partial charge is 0.00370 e. The summed E-state index contributed by atoms with van der Waals surface area (Å²) in [7, 11) is -0.825. The van der Waals surface area contributed by atoms with Crippen molar-refractivity contribution in [2.45, 2.75) is 6.42 Å². The predicted molar refractivity (Wildman–Crippen MR) is 152 cm³/mol. The average Bonchev–Trinajstić information content (AvgIpc) is 2.90. The van der Waals surface area contributed by atoms with Crippen LogP contribution in [0, 0.1) is 0 Å². The molecule has 0 fully saturated rings. The van der Waals surface area contributed by atoms with Crippen molar-refractivity contribution in [2.75, 3.05) is 0 Å². The van der Waals surface area contributed by atoms with Crippen molar-refractivity contribution in [3.8, 4) is 0 Å². The van der Waals surface area contributed by atoms with Gasteiger partial charge < -0.3 is 0 Å². The van der Waals surface area contributed by atoms with E-state index in [0.717, 1.165) is 6.42 Å². The van der Waals surface area contributed by atoms with E-state index in [9.17, 15) is 0 Å². The van der Waals surface area contributed by atoms with Crippen LogP contribution in [0.4, 0.5) is 0 Å². The third-order valence-electron chi connectivity index (χ3n) is 6.59. The minimum atomic E-state index is -0.825. The van der Waals surface area contributed by atoms with Crippen LogP contribution in [0.15, 0.2) is 134 Å². The molecule has 0 saturated carbocycles. The van der Waals surface area contributed by atoms with E-state index < -0.39 is 7.92 Å². The molecular weight excluding hydrogens is 427 g/mol. The van der Waals surface area contributed by atoms with Crippen LogP contribution in [-0.4, -0.2) is 0 Å². The summed E-state index contributed by atoms with van der Waals surface area (Å²) in [5, 5.41) is 12.1. The molecule has 0 heterocycles. The van der Waals surface area contributed by atoms with E-state index in [0.29, 0.717) is 0 Å². The van der Waals surface area contributed by atoms with Crippen molar-refractivity contribution in [1.29, 1.82) is 0 Å². The molecular formula is C33H25P. The number of benzene rings is 6. The van der Waals surface area contributed by atoms with Crippen LogP contribution >= 0.6 is 7.92 Å². The first-order valence-corrected chi connectivity index (χ1v) is 13.1. The molecule has 0 aliphatic heterocycles. The summed E-state index contributed by atoms with van der Waals surface area (Å²) < 4.78 is 0. The maximum absolute atomic E-state index is 4.09. The molecule has 0 atom stereocenters. The molecule has 1 heteroatoms. The predicted octanol–water partition coefficient (Wildman–Crippen LogP) is 7.63. The molecule has 6 aromatic rings. The fraction of sp³-hybridized carbons (Fsp3) is 0.0303. The number of allylic oxidation sites excluding steroid dienone is 1. The summed E-state index contributed by atoms with van der Waals surface area (Å²) in [6.45, 7) is 4.09. The van der Waals surface area contributed by atoms with Crippen molar-refractivity contribution < 1.29 is 0 Å². The molecule has 6 rings (SSSR count). The monoisotopic (exact) mass is 452 g/mol. The number of hydrogen-bond donors (Lipinski definition) is 0. The summed E-state index contributed by atoms with van der Waals surface area (Å²) in [5.41, 5.74) is 1.36. The Kier molecular flexibility index (Phi) is 5.46. The van der Waals surface area contributed by atoms with Crippen LogP contribution in [0.1, 0.15) is 5.56 Å². The average molecular weight is 453 g/mol. The number of hydrogen-bond acceptors (Lipinski definition) is 0. The van der Waals surface area contributed by atoms with Crippen LogP contribution < -0.4 is 15.9 Å². The van der Waals surface area contributed by atoms with E-state index in [1.807, 2.05) is 6.08 Å². The standard InChI is InChI=1S/C33H25P/c1-2-11-27-23-22-26-14-5-8-19-30(26)33(27)34(31-20-9-15-24-12-3-6-17-28(24)31)32-21-10-16-25-13-4-7-18-29(25)32/h2-10,12-23H,1,11H2. The fourth-order valence-corrected chi connectivity index (χ4v) is 8.06. The Morgan fingerprint density at radius 3 is 1.53 bits per heavy atom. The van der Waals surface area contributed by atoms with Gasteiger partial charge in [-0.05, 0) is 68.1 Å². The Bertz CT molecular complexity index is 1570. The Morgan fingerprint density at radius 1 is 0.500 bits per heavy atom. The molecule has 0 aliphatic rings. The molecule has 6 aromatic carbocycles. The molecule has 0 saturated heterocycles. The molecule has 162 valence electrons. The molecule has 0 bridgehead atoms. The summed E-state index contributed by atoms with van der Waals surface area (Å²) in [6, 6.07) is 44.6. The van der Waals surface area contributed by atoms with Gasteiger partial charge in [0.25, 0.3) is 0 Å². The van der Waals surface area contributed by atoms with Crippen molar-refractivity contribution in [1.82, 2.24) is 0 Å². The maximum Gasteiger partial charge on any atom is -0.00370 e. The van der Waals surface area contributed by atoms with E-state index in [-0.39, 0.29) is 0 Å². The van der Waals surface area contributed by atoms with Gasteiger partial charge in [-0.25, -0.2) is 0 Å². The summed E-state index contributed by atoms with van der Waals surface area (Å²) in [5.74, 6) is 0.